The normalized spacial score (nSPS) is 12.6. The van der Waals surface area contributed by atoms with Crippen molar-refractivity contribution in [3.05, 3.63) is 181 Å². The van der Waals surface area contributed by atoms with Gasteiger partial charge in [-0.15, -0.1) is 0 Å². The Morgan fingerprint density at radius 2 is 0.648 bits per heavy atom. The van der Waals surface area contributed by atoms with Crippen LogP contribution < -0.4 is 9.80 Å². The highest BCUT2D eigenvalue weighted by atomic mass is 15.2. The molecule has 54 heavy (non-hydrogen) atoms. The number of hydrogen-bond donors (Lipinski definition) is 0. The second kappa shape index (κ2) is 14.2. The second-order valence-corrected chi connectivity index (χ2v) is 17.1. The molecule has 0 aliphatic rings. The van der Waals surface area contributed by atoms with Gasteiger partial charge in [0.2, 0.25) is 0 Å². The molecule has 1 unspecified atom stereocenters. The molecule has 0 amide bonds. The highest BCUT2D eigenvalue weighted by Crippen LogP contribution is 2.45. The summed E-state index contributed by atoms with van der Waals surface area (Å²) >= 11 is 0. The Kier molecular flexibility index (Phi) is 9.24. The Hall–Kier alpha value is -5.86. The third kappa shape index (κ3) is 7.34. The predicted octanol–water partition coefficient (Wildman–Crippen LogP) is 15.7. The van der Waals surface area contributed by atoms with Crippen LogP contribution in [0.3, 0.4) is 0 Å². The maximum Gasteiger partial charge on any atom is 0.0468 e. The van der Waals surface area contributed by atoms with E-state index in [0.29, 0.717) is 5.92 Å². The molecule has 0 fully saturated rings. The van der Waals surface area contributed by atoms with Crippen LogP contribution in [0.4, 0.5) is 34.1 Å². The summed E-state index contributed by atoms with van der Waals surface area (Å²) < 4.78 is 0. The number of rotatable bonds is 8. The van der Waals surface area contributed by atoms with Gasteiger partial charge in [-0.1, -0.05) is 145 Å². The molecule has 268 valence electrons. The molecule has 8 aromatic carbocycles. The summed E-state index contributed by atoms with van der Waals surface area (Å²) in [6.07, 6.45) is 1.14. The largest absolute Gasteiger partial charge is 0.310 e. The second-order valence-electron chi connectivity index (χ2n) is 17.1. The standard InChI is InChI=1S/C52H50N2/c1-51(2,3)36-50(52(4,5)6)40-22-24-44(25-23-40)53(47-26-19-37-13-7-10-16-41(37)33-47)45-29-31-46(32-30-45)54(48-27-20-38-14-8-11-17-42(38)34-48)49-28-21-39-15-9-12-18-43(39)35-49/h7-35,50H,36H2,1-6H3. The first-order valence-electron chi connectivity index (χ1n) is 19.3. The third-order valence-electron chi connectivity index (χ3n) is 10.8. The SMILES string of the molecule is CC(C)(C)CC(c1ccc(N(c2ccc(N(c3ccc4ccccc4c3)c3ccc4ccccc4c3)cc2)c2ccc3ccccc3c2)cc1)C(C)(C)C. The number of fused-ring (bicyclic) bond motifs is 3. The molecule has 8 rings (SSSR count). The van der Waals surface area contributed by atoms with Crippen LogP contribution >= 0.6 is 0 Å². The first-order valence-corrected chi connectivity index (χ1v) is 19.3. The summed E-state index contributed by atoms with van der Waals surface area (Å²) in [6.45, 7) is 14.2. The lowest BCUT2D eigenvalue weighted by atomic mass is 9.69. The maximum absolute atomic E-state index is 2.40. The zero-order valence-corrected chi connectivity index (χ0v) is 32.4. The van der Waals surface area contributed by atoms with E-state index in [0.717, 1.165) is 40.5 Å². The Bertz CT molecular complexity index is 2470. The van der Waals surface area contributed by atoms with E-state index in [-0.39, 0.29) is 10.8 Å². The average Bonchev–Trinajstić information content (AvgIpc) is 3.17. The molecule has 0 radical (unpaired) electrons. The molecule has 0 saturated carbocycles. The molecule has 0 aliphatic heterocycles. The summed E-state index contributed by atoms with van der Waals surface area (Å²) in [7, 11) is 0. The van der Waals surface area contributed by atoms with E-state index in [1.807, 2.05) is 0 Å². The van der Waals surface area contributed by atoms with Crippen LogP contribution in [-0.4, -0.2) is 0 Å². The molecular formula is C52H50N2. The van der Waals surface area contributed by atoms with Gasteiger partial charge in [0, 0.05) is 34.1 Å². The molecule has 0 aliphatic carbocycles. The zero-order valence-electron chi connectivity index (χ0n) is 32.4. The van der Waals surface area contributed by atoms with Crippen molar-refractivity contribution in [2.45, 2.75) is 53.9 Å². The van der Waals surface area contributed by atoms with Crippen molar-refractivity contribution in [1.29, 1.82) is 0 Å². The molecule has 0 bridgehead atoms. The Balaban J connectivity index is 1.23. The van der Waals surface area contributed by atoms with Gasteiger partial charge in [0.1, 0.15) is 0 Å². The fraction of sp³-hybridized carbons (Fsp3) is 0.192. The first-order chi connectivity index (χ1) is 26.0. The van der Waals surface area contributed by atoms with Gasteiger partial charge >= 0.3 is 0 Å². The molecule has 0 aromatic heterocycles. The molecule has 0 heterocycles. The van der Waals surface area contributed by atoms with Gasteiger partial charge in [-0.2, -0.15) is 0 Å². The van der Waals surface area contributed by atoms with Crippen LogP contribution in [0, 0.1) is 10.8 Å². The predicted molar refractivity (Wildman–Crippen MR) is 235 cm³/mol. The highest BCUT2D eigenvalue weighted by Gasteiger charge is 2.30. The lowest BCUT2D eigenvalue weighted by Crippen LogP contribution is -2.23. The molecule has 8 aromatic rings. The van der Waals surface area contributed by atoms with Gasteiger partial charge in [0.05, 0.1) is 0 Å². The van der Waals surface area contributed by atoms with Gasteiger partial charge in [-0.05, 0) is 134 Å². The van der Waals surface area contributed by atoms with Crippen molar-refractivity contribution in [2.24, 2.45) is 10.8 Å². The third-order valence-corrected chi connectivity index (χ3v) is 10.8. The average molecular weight is 703 g/mol. The Labute approximate surface area is 321 Å². The van der Waals surface area contributed by atoms with Crippen LogP contribution in [0.25, 0.3) is 32.3 Å². The van der Waals surface area contributed by atoms with E-state index < -0.39 is 0 Å². The van der Waals surface area contributed by atoms with E-state index in [4.69, 9.17) is 0 Å². The summed E-state index contributed by atoms with van der Waals surface area (Å²) in [6, 6.07) is 64.5. The van der Waals surface area contributed by atoms with Crippen LogP contribution in [0.5, 0.6) is 0 Å². The first kappa shape index (κ1) is 35.2. The number of anilines is 6. The highest BCUT2D eigenvalue weighted by molar-refractivity contribution is 5.93. The van der Waals surface area contributed by atoms with Gasteiger partial charge in [0.15, 0.2) is 0 Å². The molecule has 2 nitrogen and oxygen atoms in total. The molecular weight excluding hydrogens is 653 g/mol. The molecule has 0 spiro atoms. The van der Waals surface area contributed by atoms with E-state index in [9.17, 15) is 0 Å². The maximum atomic E-state index is 2.40. The number of benzene rings is 8. The minimum absolute atomic E-state index is 0.157. The van der Waals surface area contributed by atoms with Crippen molar-refractivity contribution in [3.63, 3.8) is 0 Å². The van der Waals surface area contributed by atoms with E-state index in [2.05, 4.69) is 227 Å². The van der Waals surface area contributed by atoms with Crippen molar-refractivity contribution in [2.75, 3.05) is 9.80 Å². The van der Waals surface area contributed by atoms with Gasteiger partial charge in [-0.25, -0.2) is 0 Å². The van der Waals surface area contributed by atoms with Crippen molar-refractivity contribution < 1.29 is 0 Å². The van der Waals surface area contributed by atoms with Gasteiger partial charge < -0.3 is 9.80 Å². The topological polar surface area (TPSA) is 6.48 Å². The number of nitrogens with zero attached hydrogens (tertiary/aromatic N) is 2. The molecule has 1 atom stereocenters. The Morgan fingerprint density at radius 3 is 0.981 bits per heavy atom. The summed E-state index contributed by atoms with van der Waals surface area (Å²) in [5.41, 5.74) is 8.55. The van der Waals surface area contributed by atoms with E-state index in [1.165, 1.54) is 37.9 Å². The fourth-order valence-corrected chi connectivity index (χ4v) is 7.98. The van der Waals surface area contributed by atoms with Crippen LogP contribution in [0.2, 0.25) is 0 Å². The molecule has 0 saturated heterocycles. The van der Waals surface area contributed by atoms with E-state index >= 15 is 0 Å². The Morgan fingerprint density at radius 1 is 0.352 bits per heavy atom. The van der Waals surface area contributed by atoms with Crippen molar-refractivity contribution in [1.82, 2.24) is 0 Å². The summed E-state index contributed by atoms with van der Waals surface area (Å²) in [5.74, 6) is 0.455. The van der Waals surface area contributed by atoms with Gasteiger partial charge in [0.25, 0.3) is 0 Å². The lowest BCUT2D eigenvalue weighted by Gasteiger charge is -2.36. The van der Waals surface area contributed by atoms with Crippen LogP contribution in [0.1, 0.15) is 59.4 Å². The van der Waals surface area contributed by atoms with Crippen LogP contribution in [-0.2, 0) is 0 Å². The monoisotopic (exact) mass is 702 g/mol. The number of hydrogen-bond acceptors (Lipinski definition) is 2. The molecule has 0 N–H and O–H groups in total. The summed E-state index contributed by atoms with van der Waals surface area (Å²) in [5, 5.41) is 7.38. The summed E-state index contributed by atoms with van der Waals surface area (Å²) in [4.78, 5) is 4.77. The molecule has 2 heteroatoms. The van der Waals surface area contributed by atoms with E-state index in [1.54, 1.807) is 0 Å². The lowest BCUT2D eigenvalue weighted by molar-refractivity contribution is 0.229. The minimum Gasteiger partial charge on any atom is -0.310 e. The quantitative estimate of drug-likeness (QED) is 0.156. The minimum atomic E-state index is 0.157. The fourth-order valence-electron chi connectivity index (χ4n) is 7.98. The van der Waals surface area contributed by atoms with Crippen molar-refractivity contribution in [3.8, 4) is 0 Å². The smallest absolute Gasteiger partial charge is 0.0468 e. The van der Waals surface area contributed by atoms with Crippen molar-refractivity contribution >= 4 is 66.4 Å². The zero-order chi connectivity index (χ0) is 37.5. The van der Waals surface area contributed by atoms with Gasteiger partial charge in [-0.3, -0.25) is 0 Å². The van der Waals surface area contributed by atoms with Crippen LogP contribution in [0.15, 0.2) is 176 Å².